The lowest BCUT2D eigenvalue weighted by molar-refractivity contribution is 0.0464. The van der Waals surface area contributed by atoms with Crippen molar-refractivity contribution in [1.29, 1.82) is 0 Å². The minimum Gasteiger partial charge on any atom is -0.394 e. The van der Waals surface area contributed by atoms with Crippen molar-refractivity contribution < 1.29 is 18.3 Å². The van der Waals surface area contributed by atoms with Gasteiger partial charge >= 0.3 is 0 Å². The largest absolute Gasteiger partial charge is 0.394 e. The summed E-state index contributed by atoms with van der Waals surface area (Å²) in [5.74, 6) is -0.392. The molecule has 1 aromatic heterocycles. The third-order valence-electron chi connectivity index (χ3n) is 3.13. The van der Waals surface area contributed by atoms with E-state index in [1.165, 1.54) is 21.7 Å². The molecule has 0 saturated carbocycles. The molecule has 0 aromatic carbocycles. The van der Waals surface area contributed by atoms with Gasteiger partial charge in [-0.2, -0.15) is 0 Å². The first-order valence-electron chi connectivity index (χ1n) is 5.59. The van der Waals surface area contributed by atoms with E-state index in [9.17, 15) is 18.3 Å². The molecule has 8 heteroatoms. The van der Waals surface area contributed by atoms with Crippen LogP contribution >= 0.6 is 0 Å². The Morgan fingerprint density at radius 2 is 2.05 bits per heavy atom. The SMILES string of the molecule is CN(C(=O)c1cc(S(N)(=O)=O)cn1C)C(C)(C)CO. The average Bonchev–Trinajstić information content (AvgIpc) is 2.69. The number of nitrogens with zero attached hydrogens (tertiary/aromatic N) is 2. The molecule has 0 aliphatic heterocycles. The molecule has 0 aliphatic carbocycles. The van der Waals surface area contributed by atoms with Gasteiger partial charge in [0, 0.05) is 20.3 Å². The minimum absolute atomic E-state index is 0.117. The van der Waals surface area contributed by atoms with Gasteiger partial charge in [0.1, 0.15) is 10.6 Å². The van der Waals surface area contributed by atoms with Crippen LogP contribution in [0.2, 0.25) is 0 Å². The van der Waals surface area contributed by atoms with Crippen LogP contribution in [0.15, 0.2) is 17.2 Å². The quantitative estimate of drug-likeness (QED) is 0.780. The normalized spacial score (nSPS) is 12.5. The van der Waals surface area contributed by atoms with E-state index >= 15 is 0 Å². The average molecular weight is 289 g/mol. The fraction of sp³-hybridized carbons (Fsp3) is 0.545. The number of primary sulfonamides is 1. The molecule has 0 radical (unpaired) electrons. The van der Waals surface area contributed by atoms with Crippen molar-refractivity contribution in [1.82, 2.24) is 9.47 Å². The number of amides is 1. The Labute approximate surface area is 112 Å². The molecule has 108 valence electrons. The molecule has 0 fully saturated rings. The monoisotopic (exact) mass is 289 g/mol. The predicted molar refractivity (Wildman–Crippen MR) is 70.0 cm³/mol. The van der Waals surface area contributed by atoms with Gasteiger partial charge in [-0.3, -0.25) is 4.79 Å². The molecule has 1 heterocycles. The van der Waals surface area contributed by atoms with Crippen molar-refractivity contribution in [3.05, 3.63) is 18.0 Å². The number of likely N-dealkylation sites (N-methyl/N-ethyl adjacent to an activating group) is 1. The number of nitrogens with two attached hydrogens (primary N) is 1. The Morgan fingerprint density at radius 3 is 2.42 bits per heavy atom. The lowest BCUT2D eigenvalue weighted by Gasteiger charge is -2.33. The van der Waals surface area contributed by atoms with E-state index in [4.69, 9.17) is 5.14 Å². The summed E-state index contributed by atoms with van der Waals surface area (Å²) in [6.07, 6.45) is 1.28. The maximum Gasteiger partial charge on any atom is 0.270 e. The van der Waals surface area contributed by atoms with Crippen LogP contribution in [-0.4, -0.2) is 48.1 Å². The lowest BCUT2D eigenvalue weighted by atomic mass is 10.0. The highest BCUT2D eigenvalue weighted by Crippen LogP contribution is 2.18. The van der Waals surface area contributed by atoms with Crippen LogP contribution in [0.1, 0.15) is 24.3 Å². The number of hydrogen-bond acceptors (Lipinski definition) is 4. The summed E-state index contributed by atoms with van der Waals surface area (Å²) in [6.45, 7) is 3.20. The molecule has 0 saturated heterocycles. The topological polar surface area (TPSA) is 106 Å². The summed E-state index contributed by atoms with van der Waals surface area (Å²) in [6, 6.07) is 1.22. The molecule has 0 aliphatic rings. The number of rotatable bonds is 4. The van der Waals surface area contributed by atoms with Crippen molar-refractivity contribution >= 4 is 15.9 Å². The Morgan fingerprint density at radius 1 is 1.53 bits per heavy atom. The number of carbonyl (C=O) groups excluding carboxylic acids is 1. The third kappa shape index (κ3) is 3.14. The Bertz CT molecular complexity index is 589. The first kappa shape index (κ1) is 15.7. The van der Waals surface area contributed by atoms with Crippen molar-refractivity contribution in [3.63, 3.8) is 0 Å². The first-order valence-corrected chi connectivity index (χ1v) is 7.13. The zero-order chi connectivity index (χ0) is 15.0. The number of aromatic nitrogens is 1. The van der Waals surface area contributed by atoms with Crippen molar-refractivity contribution in [2.45, 2.75) is 24.3 Å². The molecule has 0 unspecified atom stereocenters. The summed E-state index contributed by atoms with van der Waals surface area (Å²) >= 11 is 0. The highest BCUT2D eigenvalue weighted by atomic mass is 32.2. The van der Waals surface area contributed by atoms with E-state index in [1.54, 1.807) is 27.9 Å². The van der Waals surface area contributed by atoms with E-state index in [1.807, 2.05) is 0 Å². The Kier molecular flexibility index (Phi) is 4.08. The van der Waals surface area contributed by atoms with Crippen LogP contribution < -0.4 is 5.14 Å². The molecule has 1 aromatic rings. The molecule has 0 bridgehead atoms. The second-order valence-corrected chi connectivity index (χ2v) is 6.61. The molecule has 7 nitrogen and oxygen atoms in total. The van der Waals surface area contributed by atoms with Gasteiger partial charge in [-0.1, -0.05) is 0 Å². The van der Waals surface area contributed by atoms with E-state index in [-0.39, 0.29) is 17.2 Å². The number of aliphatic hydroxyl groups excluding tert-OH is 1. The molecule has 3 N–H and O–H groups in total. The number of carbonyl (C=O) groups is 1. The first-order chi connectivity index (χ1) is 8.50. The number of sulfonamides is 1. The van der Waals surface area contributed by atoms with E-state index in [0.29, 0.717) is 0 Å². The molecule has 19 heavy (non-hydrogen) atoms. The van der Waals surface area contributed by atoms with E-state index in [0.717, 1.165) is 0 Å². The van der Waals surface area contributed by atoms with Crippen LogP contribution in [0.5, 0.6) is 0 Å². The van der Waals surface area contributed by atoms with Gasteiger partial charge in [0.05, 0.1) is 12.1 Å². The van der Waals surface area contributed by atoms with Gasteiger partial charge < -0.3 is 14.6 Å². The molecular weight excluding hydrogens is 270 g/mol. The summed E-state index contributed by atoms with van der Waals surface area (Å²) < 4.78 is 23.9. The third-order valence-corrected chi connectivity index (χ3v) is 4.01. The van der Waals surface area contributed by atoms with Crippen LogP contribution in [0, 0.1) is 0 Å². The van der Waals surface area contributed by atoms with Crippen LogP contribution in [0.25, 0.3) is 0 Å². The van der Waals surface area contributed by atoms with Crippen LogP contribution in [-0.2, 0) is 17.1 Å². The fourth-order valence-corrected chi connectivity index (χ4v) is 2.04. The minimum atomic E-state index is -3.85. The van der Waals surface area contributed by atoms with Gasteiger partial charge in [-0.05, 0) is 19.9 Å². The zero-order valence-corrected chi connectivity index (χ0v) is 12.2. The van der Waals surface area contributed by atoms with E-state index in [2.05, 4.69) is 0 Å². The summed E-state index contributed by atoms with van der Waals surface area (Å²) in [5, 5.41) is 14.3. The van der Waals surface area contributed by atoms with E-state index < -0.39 is 21.5 Å². The van der Waals surface area contributed by atoms with Gasteiger partial charge in [0.2, 0.25) is 10.0 Å². The smallest absolute Gasteiger partial charge is 0.270 e. The highest BCUT2D eigenvalue weighted by molar-refractivity contribution is 7.89. The maximum atomic E-state index is 12.3. The summed E-state index contributed by atoms with van der Waals surface area (Å²) in [4.78, 5) is 13.5. The zero-order valence-electron chi connectivity index (χ0n) is 11.4. The number of aryl methyl sites for hydroxylation is 1. The number of hydrogen-bond donors (Lipinski definition) is 2. The Hall–Kier alpha value is -1.38. The summed E-state index contributed by atoms with van der Waals surface area (Å²) in [5.41, 5.74) is -0.559. The van der Waals surface area contributed by atoms with Crippen molar-refractivity contribution in [2.24, 2.45) is 12.2 Å². The summed E-state index contributed by atoms with van der Waals surface area (Å²) in [7, 11) is -0.745. The second kappa shape index (κ2) is 4.95. The van der Waals surface area contributed by atoms with Crippen molar-refractivity contribution in [2.75, 3.05) is 13.7 Å². The molecule has 0 atom stereocenters. The Balaban J connectivity index is 3.18. The predicted octanol–water partition coefficient (Wildman–Crippen LogP) is -0.485. The van der Waals surface area contributed by atoms with Gasteiger partial charge in [-0.15, -0.1) is 0 Å². The molecular formula is C11H19N3O4S. The fourth-order valence-electron chi connectivity index (χ4n) is 1.46. The van der Waals surface area contributed by atoms with Crippen LogP contribution in [0.4, 0.5) is 0 Å². The number of aliphatic hydroxyl groups is 1. The van der Waals surface area contributed by atoms with Crippen molar-refractivity contribution in [3.8, 4) is 0 Å². The van der Waals surface area contributed by atoms with Crippen LogP contribution in [0.3, 0.4) is 0 Å². The maximum absolute atomic E-state index is 12.3. The van der Waals surface area contributed by atoms with Gasteiger partial charge in [0.25, 0.3) is 5.91 Å². The molecule has 1 rings (SSSR count). The molecule has 0 spiro atoms. The lowest BCUT2D eigenvalue weighted by Crippen LogP contribution is -2.48. The molecule has 1 amide bonds. The highest BCUT2D eigenvalue weighted by Gasteiger charge is 2.29. The standard InChI is InChI=1S/C11H19N3O4S/c1-11(2,7-15)14(4)10(16)9-5-8(6-13(9)3)19(12,17)18/h5-6,15H,7H2,1-4H3,(H2,12,17,18). The van der Waals surface area contributed by atoms with Gasteiger partial charge in [-0.25, -0.2) is 13.6 Å². The second-order valence-electron chi connectivity index (χ2n) is 5.05. The van der Waals surface area contributed by atoms with Gasteiger partial charge in [0.15, 0.2) is 0 Å².